The molecule has 1 saturated heterocycles. The van der Waals surface area contributed by atoms with E-state index in [1.165, 1.54) is 101 Å². The third-order valence-electron chi connectivity index (χ3n) is 10.5. The molecule has 1 aromatic carbocycles. The van der Waals surface area contributed by atoms with Crippen molar-refractivity contribution in [2.24, 2.45) is 0 Å². The molecule has 15 heteroatoms. The number of nitrogens with zero attached hydrogens (tertiary/aromatic N) is 4. The molecule has 3 heterocycles. The van der Waals surface area contributed by atoms with Gasteiger partial charge < -0.3 is 0 Å². The summed E-state index contributed by atoms with van der Waals surface area (Å²) in [6, 6.07) is 12.5. The van der Waals surface area contributed by atoms with Crippen molar-refractivity contribution in [1.82, 2.24) is 14.6 Å². The fourth-order valence-electron chi connectivity index (χ4n) is 7.15. The number of rotatable bonds is 29. The normalized spacial score (nSPS) is 20.8. The first-order valence-electron chi connectivity index (χ1n) is 20.6. The van der Waals surface area contributed by atoms with Crippen LogP contribution in [0.2, 0.25) is 0 Å². The summed E-state index contributed by atoms with van der Waals surface area (Å²) in [6.45, 7) is 3.97. The molecule has 14 nitrogen and oxygen atoms in total. The van der Waals surface area contributed by atoms with Crippen LogP contribution < -0.4 is 5.73 Å². The Morgan fingerprint density at radius 3 is 2.20 bits per heavy atom. The summed E-state index contributed by atoms with van der Waals surface area (Å²) >= 11 is 0. The third-order valence-corrected chi connectivity index (χ3v) is 11.6. The summed E-state index contributed by atoms with van der Waals surface area (Å²) in [4.78, 5) is 25.4. The summed E-state index contributed by atoms with van der Waals surface area (Å²) in [5.74, 6) is 0.236. The number of aliphatic hydroxyl groups excluding tert-OH is 2. The van der Waals surface area contributed by atoms with Crippen molar-refractivity contribution >= 4 is 19.5 Å². The Morgan fingerprint density at radius 2 is 1.55 bits per heavy atom. The Hall–Kier alpha value is -2.80. The molecule has 2 aromatic heterocycles. The van der Waals surface area contributed by atoms with Crippen LogP contribution in [0.4, 0.5) is 5.82 Å². The maximum absolute atomic E-state index is 11.0. The topological polar surface area (TPSA) is 207 Å². The van der Waals surface area contributed by atoms with E-state index in [0.717, 1.165) is 18.4 Å². The second kappa shape index (κ2) is 24.2. The maximum atomic E-state index is 11.0. The van der Waals surface area contributed by atoms with Gasteiger partial charge in [0, 0.05) is 0 Å². The molecule has 0 saturated carbocycles. The van der Waals surface area contributed by atoms with Gasteiger partial charge >= 0.3 is 262 Å². The van der Waals surface area contributed by atoms with Crippen molar-refractivity contribution in [3.05, 3.63) is 59.5 Å². The Labute approximate surface area is 333 Å². The molecule has 0 amide bonds. The van der Waals surface area contributed by atoms with Crippen molar-refractivity contribution < 1.29 is 43.3 Å². The molecule has 1 aliphatic rings. The van der Waals surface area contributed by atoms with Crippen LogP contribution >= 0.6 is 8.17 Å². The fourth-order valence-corrected chi connectivity index (χ4v) is 8.01. The Morgan fingerprint density at radius 1 is 0.911 bits per heavy atom. The van der Waals surface area contributed by atoms with Gasteiger partial charge in [-0.1, -0.05) is 71.1 Å². The summed E-state index contributed by atoms with van der Waals surface area (Å²) in [6.07, 6.45) is 17.3. The first-order chi connectivity index (χ1) is 27.1. The molecule has 1 fully saturated rings. The van der Waals surface area contributed by atoms with Gasteiger partial charge in [-0.15, -0.1) is 0 Å². The molecular weight excluding hydrogens is 737 g/mol. The van der Waals surface area contributed by atoms with Gasteiger partial charge in [-0.05, 0) is 0 Å². The first-order valence-corrected chi connectivity index (χ1v) is 22.3. The van der Waals surface area contributed by atoms with Gasteiger partial charge in [-0.3, -0.25) is 0 Å². The average Bonchev–Trinajstić information content (AvgIpc) is 3.74. The van der Waals surface area contributed by atoms with E-state index < -0.39 is 44.8 Å². The van der Waals surface area contributed by atoms with E-state index >= 15 is 0 Å². The number of hydrogen-bond donors (Lipinski definition) is 5. The van der Waals surface area contributed by atoms with E-state index in [0.29, 0.717) is 23.4 Å². The van der Waals surface area contributed by atoms with Gasteiger partial charge in [0.25, 0.3) is 0 Å². The van der Waals surface area contributed by atoms with E-state index in [-0.39, 0.29) is 25.6 Å². The molecule has 5 atom stereocenters. The molecule has 0 bridgehead atoms. The monoisotopic (exact) mass is 803 g/mol. The number of ether oxygens (including phenoxy) is 3. The van der Waals surface area contributed by atoms with Crippen LogP contribution in [0.3, 0.4) is 0 Å². The number of nitrogens with two attached hydrogens (primary N) is 1. The first kappa shape index (κ1) is 45.9. The van der Waals surface area contributed by atoms with Gasteiger partial charge in [-0.25, -0.2) is 0 Å². The zero-order chi connectivity index (χ0) is 40.2. The summed E-state index contributed by atoms with van der Waals surface area (Å²) in [5.41, 5.74) is 6.73. The second-order valence-electron chi connectivity index (χ2n) is 15.2. The number of anilines is 1. The predicted molar refractivity (Wildman–Crippen MR) is 216 cm³/mol. The third kappa shape index (κ3) is 14.5. The van der Waals surface area contributed by atoms with Crippen LogP contribution in [0.15, 0.2) is 42.7 Å². The van der Waals surface area contributed by atoms with Crippen molar-refractivity contribution in [2.45, 2.75) is 153 Å². The SMILES string of the molecule is CCCCCCCCCCCCCCCCCCOC[C@H](CO[PH](O)(O)OC[C@H]1O[C@@](C)(c2ccc3c(N)ncnn23)[C@H](O)[C@@H]1O)OCc1cccc(C#N)c1. The summed E-state index contributed by atoms with van der Waals surface area (Å²) < 4.78 is 30.4. The Balaban J connectivity index is 1.16. The molecule has 0 spiro atoms. The number of fused-ring (bicyclic) bond motifs is 1. The van der Waals surface area contributed by atoms with E-state index in [4.69, 9.17) is 29.0 Å². The van der Waals surface area contributed by atoms with E-state index in [9.17, 15) is 25.3 Å². The molecule has 314 valence electrons. The van der Waals surface area contributed by atoms with Crippen molar-refractivity contribution in [1.29, 1.82) is 5.26 Å². The van der Waals surface area contributed by atoms with Crippen LogP contribution in [-0.4, -0.2) is 85.4 Å². The molecule has 0 aliphatic carbocycles. The minimum atomic E-state index is -4.76. The molecule has 1 aliphatic heterocycles. The summed E-state index contributed by atoms with van der Waals surface area (Å²) in [5, 5.41) is 35.4. The zero-order valence-corrected chi connectivity index (χ0v) is 34.4. The number of unbranched alkanes of at least 4 members (excludes halogenated alkanes) is 15. The van der Waals surface area contributed by atoms with E-state index in [1.54, 1.807) is 37.3 Å². The van der Waals surface area contributed by atoms with Crippen LogP contribution in [0, 0.1) is 11.3 Å². The Bertz CT molecular complexity index is 1610. The van der Waals surface area contributed by atoms with Crippen molar-refractivity contribution in [3.8, 4) is 6.07 Å². The van der Waals surface area contributed by atoms with Crippen molar-refractivity contribution in [2.75, 3.05) is 32.2 Å². The second-order valence-corrected chi connectivity index (χ2v) is 16.8. The van der Waals surface area contributed by atoms with E-state index in [2.05, 4.69) is 23.1 Å². The van der Waals surface area contributed by atoms with Gasteiger partial charge in [0.2, 0.25) is 0 Å². The number of hydrogen-bond acceptors (Lipinski definition) is 13. The average molecular weight is 804 g/mol. The van der Waals surface area contributed by atoms with Gasteiger partial charge in [0.05, 0.1) is 0 Å². The molecule has 3 aromatic rings. The number of nitriles is 1. The Kier molecular flexibility index (Phi) is 19.8. The van der Waals surface area contributed by atoms with Crippen LogP contribution in [0.25, 0.3) is 5.52 Å². The number of nitrogen functional groups attached to an aromatic ring is 1. The molecule has 56 heavy (non-hydrogen) atoms. The van der Waals surface area contributed by atoms with Crippen LogP contribution in [-0.2, 0) is 35.5 Å². The molecule has 4 rings (SSSR count). The van der Waals surface area contributed by atoms with Gasteiger partial charge in [-0.2, -0.15) is 0 Å². The standard InChI is InChI=1S/C41H66N5O9P/c1-3-4-5-6-7-8-9-10-11-12-13-14-15-16-17-18-24-51-28-34(52-27-33-21-19-20-32(25-33)26-42)29-53-56(49,50)54-30-36-38(47)39(48)41(2,55-36)37-23-22-35-40(43)44-31-45-46(35)37/h19-23,25,31,34,36,38-39,47-50,56H,3-18,24,27-30H2,1-2H3,(H2,43,44,45)/t34-,36-,38-,39-,41+/m1/s1. The molecule has 0 radical (unpaired) electrons. The number of benzene rings is 1. The van der Waals surface area contributed by atoms with E-state index in [1.807, 2.05) is 6.07 Å². The predicted octanol–water partition coefficient (Wildman–Crippen LogP) is 6.81. The van der Waals surface area contributed by atoms with Crippen molar-refractivity contribution in [3.63, 3.8) is 0 Å². The molecular formula is C41H66N5O9P. The van der Waals surface area contributed by atoms with Crippen LogP contribution in [0.1, 0.15) is 133 Å². The molecule has 6 N–H and O–H groups in total. The molecule has 0 unspecified atom stereocenters. The number of aliphatic hydroxyl groups is 2. The van der Waals surface area contributed by atoms with Crippen LogP contribution in [0.5, 0.6) is 0 Å². The van der Waals surface area contributed by atoms with Gasteiger partial charge in [0.1, 0.15) is 0 Å². The fraction of sp³-hybridized carbons (Fsp3) is 0.683. The number of aromatic nitrogens is 3. The quantitative estimate of drug-likeness (QED) is 0.0362. The summed E-state index contributed by atoms with van der Waals surface area (Å²) in [7, 11) is -4.76. The minimum absolute atomic E-state index is 0.148. The zero-order valence-electron chi connectivity index (χ0n) is 33.4. The van der Waals surface area contributed by atoms with Gasteiger partial charge in [0.15, 0.2) is 0 Å².